The molecular weight excluding hydrogens is 234 g/mol. The fraction of sp³-hybridized carbons (Fsp3) is 0.417. The summed E-state index contributed by atoms with van der Waals surface area (Å²) in [6, 6.07) is 6.15. The Morgan fingerprint density at radius 1 is 1.61 bits per heavy atom. The normalized spacial score (nSPS) is 11.6. The third-order valence-corrected chi connectivity index (χ3v) is 2.43. The van der Waals surface area contributed by atoms with Crippen LogP contribution in [0.3, 0.4) is 0 Å². The van der Waals surface area contributed by atoms with Crippen LogP contribution in [-0.2, 0) is 4.74 Å². The first kappa shape index (κ1) is 13.9. The van der Waals surface area contributed by atoms with Crippen LogP contribution < -0.4 is 5.32 Å². The van der Waals surface area contributed by atoms with Crippen LogP contribution >= 0.6 is 0 Å². The number of ether oxygens (including phenoxy) is 1. The number of anilines is 1. The molecule has 0 aromatic heterocycles. The lowest BCUT2D eigenvalue weighted by Crippen LogP contribution is -2.16. The van der Waals surface area contributed by atoms with Crippen molar-refractivity contribution in [1.29, 1.82) is 5.26 Å². The highest BCUT2D eigenvalue weighted by Crippen LogP contribution is 2.21. The molecule has 0 saturated heterocycles. The van der Waals surface area contributed by atoms with Crippen LogP contribution in [-0.4, -0.2) is 25.2 Å². The quantitative estimate of drug-likeness (QED) is 0.616. The first-order valence-corrected chi connectivity index (χ1v) is 5.49. The van der Waals surface area contributed by atoms with Gasteiger partial charge in [0.2, 0.25) is 0 Å². The molecule has 1 N–H and O–H groups in total. The van der Waals surface area contributed by atoms with Gasteiger partial charge in [-0.1, -0.05) is 6.92 Å². The SMILES string of the molecule is COCC(C)CNc1ccc([N+](=O)[O-])cc1C#N. The Morgan fingerprint density at radius 3 is 2.89 bits per heavy atom. The zero-order valence-electron chi connectivity index (χ0n) is 10.3. The van der Waals surface area contributed by atoms with Gasteiger partial charge in [-0.25, -0.2) is 0 Å². The molecule has 1 unspecified atom stereocenters. The summed E-state index contributed by atoms with van der Waals surface area (Å²) in [7, 11) is 1.63. The zero-order valence-corrected chi connectivity index (χ0v) is 10.3. The lowest BCUT2D eigenvalue weighted by molar-refractivity contribution is -0.384. The molecule has 1 aromatic rings. The highest BCUT2D eigenvalue weighted by Gasteiger charge is 2.11. The number of hydrogen-bond donors (Lipinski definition) is 1. The molecule has 0 aliphatic heterocycles. The fourth-order valence-corrected chi connectivity index (χ4v) is 1.52. The van der Waals surface area contributed by atoms with Gasteiger partial charge in [-0.15, -0.1) is 0 Å². The molecule has 0 amide bonds. The van der Waals surface area contributed by atoms with Gasteiger partial charge < -0.3 is 10.1 Å². The number of nitrogens with one attached hydrogen (secondary N) is 1. The van der Waals surface area contributed by atoms with Gasteiger partial charge in [0.1, 0.15) is 6.07 Å². The number of non-ortho nitro benzene ring substituents is 1. The van der Waals surface area contributed by atoms with Crippen LogP contribution in [0.2, 0.25) is 0 Å². The van der Waals surface area contributed by atoms with Crippen molar-refractivity contribution in [3.63, 3.8) is 0 Å². The Morgan fingerprint density at radius 2 is 2.33 bits per heavy atom. The molecule has 18 heavy (non-hydrogen) atoms. The molecular formula is C12H15N3O3. The van der Waals surface area contributed by atoms with E-state index in [4.69, 9.17) is 10.00 Å². The molecule has 0 aliphatic rings. The van der Waals surface area contributed by atoms with Crippen LogP contribution in [0, 0.1) is 27.4 Å². The molecule has 0 aliphatic carbocycles. The summed E-state index contributed by atoms with van der Waals surface area (Å²) < 4.78 is 5.00. The number of rotatable bonds is 6. The molecule has 0 spiro atoms. The number of benzene rings is 1. The van der Waals surface area contributed by atoms with Crippen LogP contribution in [0.25, 0.3) is 0 Å². The van der Waals surface area contributed by atoms with Crippen molar-refractivity contribution >= 4 is 11.4 Å². The van der Waals surface area contributed by atoms with E-state index in [0.29, 0.717) is 18.8 Å². The van der Waals surface area contributed by atoms with E-state index in [9.17, 15) is 10.1 Å². The van der Waals surface area contributed by atoms with Crippen molar-refractivity contribution in [2.45, 2.75) is 6.92 Å². The zero-order chi connectivity index (χ0) is 13.5. The number of nitro groups is 1. The largest absolute Gasteiger partial charge is 0.384 e. The maximum Gasteiger partial charge on any atom is 0.270 e. The van der Waals surface area contributed by atoms with Crippen molar-refractivity contribution in [2.75, 3.05) is 25.6 Å². The average Bonchev–Trinajstić information content (AvgIpc) is 2.36. The minimum Gasteiger partial charge on any atom is -0.384 e. The fourth-order valence-electron chi connectivity index (χ4n) is 1.52. The van der Waals surface area contributed by atoms with Gasteiger partial charge in [-0.05, 0) is 12.0 Å². The van der Waals surface area contributed by atoms with Gasteiger partial charge in [0.05, 0.1) is 22.8 Å². The van der Waals surface area contributed by atoms with Crippen LogP contribution in [0.1, 0.15) is 12.5 Å². The van der Waals surface area contributed by atoms with Crippen LogP contribution in [0.4, 0.5) is 11.4 Å². The molecule has 0 saturated carbocycles. The first-order valence-electron chi connectivity index (χ1n) is 5.49. The Bertz CT molecular complexity index is 468. The summed E-state index contributed by atoms with van der Waals surface area (Å²) in [5.41, 5.74) is 0.793. The summed E-state index contributed by atoms with van der Waals surface area (Å²) >= 11 is 0. The molecule has 0 radical (unpaired) electrons. The van der Waals surface area contributed by atoms with E-state index in [0.717, 1.165) is 0 Å². The highest BCUT2D eigenvalue weighted by atomic mass is 16.6. The topological polar surface area (TPSA) is 88.2 Å². The minimum atomic E-state index is -0.516. The lowest BCUT2D eigenvalue weighted by atomic mass is 10.1. The van der Waals surface area contributed by atoms with Gasteiger partial charge in [-0.2, -0.15) is 5.26 Å². The maximum absolute atomic E-state index is 10.6. The second-order valence-electron chi connectivity index (χ2n) is 4.04. The van der Waals surface area contributed by atoms with Crippen LogP contribution in [0.15, 0.2) is 18.2 Å². The number of nitriles is 1. The second-order valence-corrected chi connectivity index (χ2v) is 4.04. The van der Waals surface area contributed by atoms with E-state index in [-0.39, 0.29) is 17.2 Å². The number of methoxy groups -OCH3 is 1. The monoisotopic (exact) mass is 249 g/mol. The van der Waals surface area contributed by atoms with Gasteiger partial charge in [0, 0.05) is 25.8 Å². The average molecular weight is 249 g/mol. The summed E-state index contributed by atoms with van der Waals surface area (Å²) in [5.74, 6) is 0.289. The molecule has 6 nitrogen and oxygen atoms in total. The Labute approximate surface area is 105 Å². The van der Waals surface area contributed by atoms with Gasteiger partial charge >= 0.3 is 0 Å². The van der Waals surface area contributed by atoms with Crippen molar-refractivity contribution in [3.8, 4) is 6.07 Å². The molecule has 6 heteroatoms. The predicted molar refractivity (Wildman–Crippen MR) is 67.3 cm³/mol. The third kappa shape index (κ3) is 3.71. The number of nitrogens with zero attached hydrogens (tertiary/aromatic N) is 2. The standard InChI is InChI=1S/C12H15N3O3/c1-9(8-18-2)7-14-12-4-3-11(15(16)17)5-10(12)6-13/h3-5,9,14H,7-8H2,1-2H3. The maximum atomic E-state index is 10.6. The van der Waals surface area contributed by atoms with E-state index >= 15 is 0 Å². The first-order chi connectivity index (χ1) is 8.58. The molecule has 1 aromatic carbocycles. The smallest absolute Gasteiger partial charge is 0.270 e. The van der Waals surface area contributed by atoms with Crippen molar-refractivity contribution < 1.29 is 9.66 Å². The summed E-state index contributed by atoms with van der Waals surface area (Å²) in [6.07, 6.45) is 0. The highest BCUT2D eigenvalue weighted by molar-refractivity contribution is 5.61. The van der Waals surface area contributed by atoms with Crippen molar-refractivity contribution in [2.24, 2.45) is 5.92 Å². The molecule has 1 atom stereocenters. The molecule has 0 heterocycles. The molecule has 0 fully saturated rings. The minimum absolute atomic E-state index is 0.0814. The van der Waals surface area contributed by atoms with Gasteiger partial charge in [0.15, 0.2) is 0 Å². The van der Waals surface area contributed by atoms with E-state index in [2.05, 4.69) is 5.32 Å². The number of nitro benzene ring substituents is 1. The van der Waals surface area contributed by atoms with E-state index in [1.54, 1.807) is 13.2 Å². The molecule has 1 rings (SSSR count). The predicted octanol–water partition coefficient (Wildman–Crippen LogP) is 2.16. The van der Waals surface area contributed by atoms with E-state index < -0.39 is 4.92 Å². The summed E-state index contributed by atoms with van der Waals surface area (Å²) in [4.78, 5) is 10.1. The van der Waals surface area contributed by atoms with Crippen molar-refractivity contribution in [1.82, 2.24) is 0 Å². The van der Waals surface area contributed by atoms with E-state index in [1.807, 2.05) is 13.0 Å². The Hall–Kier alpha value is -2.13. The third-order valence-electron chi connectivity index (χ3n) is 2.43. The number of hydrogen-bond acceptors (Lipinski definition) is 5. The Balaban J connectivity index is 2.78. The molecule has 0 bridgehead atoms. The molecule has 96 valence electrons. The van der Waals surface area contributed by atoms with Crippen LogP contribution in [0.5, 0.6) is 0 Å². The van der Waals surface area contributed by atoms with Gasteiger partial charge in [0.25, 0.3) is 5.69 Å². The lowest BCUT2D eigenvalue weighted by Gasteiger charge is -2.13. The van der Waals surface area contributed by atoms with Crippen molar-refractivity contribution in [3.05, 3.63) is 33.9 Å². The van der Waals surface area contributed by atoms with Gasteiger partial charge in [-0.3, -0.25) is 10.1 Å². The summed E-state index contributed by atoms with van der Waals surface area (Å²) in [5, 5.41) is 22.6. The summed E-state index contributed by atoms with van der Waals surface area (Å²) in [6.45, 7) is 3.26. The van der Waals surface area contributed by atoms with E-state index in [1.165, 1.54) is 12.1 Å². The second kappa shape index (κ2) is 6.57. The Kier molecular flexibility index (Phi) is 5.08.